The summed E-state index contributed by atoms with van der Waals surface area (Å²) in [6.07, 6.45) is 5.61. The van der Waals surface area contributed by atoms with Gasteiger partial charge < -0.3 is 19.4 Å². The standard InChI is InChI=1S/C23H26N4O3/c1-15-16(2)27(18-7-5-4-6-8-18)23(19(15)13-25)26-22(28)14-30-20-10-9-17(12-24)11-21(20)29-3/h9-11,18H,4-8,14H2,1-3H3,(H,26,28). The molecule has 1 fully saturated rings. The minimum Gasteiger partial charge on any atom is -0.493 e. The maximum atomic E-state index is 12.7. The SMILES string of the molecule is COc1cc(C#N)ccc1OCC(=O)Nc1c(C#N)c(C)c(C)n1C1CCCCC1. The fraction of sp³-hybridized carbons (Fsp3) is 0.435. The van der Waals surface area contributed by atoms with Crippen molar-refractivity contribution in [2.45, 2.75) is 52.0 Å². The average Bonchev–Trinajstić information content (AvgIpc) is 3.01. The Balaban J connectivity index is 1.79. The van der Waals surface area contributed by atoms with Gasteiger partial charge in [0.05, 0.1) is 24.3 Å². The Morgan fingerprint density at radius 1 is 1.17 bits per heavy atom. The molecule has 0 radical (unpaired) electrons. The van der Waals surface area contributed by atoms with Gasteiger partial charge in [-0.25, -0.2) is 0 Å². The third-order valence-electron chi connectivity index (χ3n) is 5.72. The lowest BCUT2D eigenvalue weighted by Gasteiger charge is -2.27. The highest BCUT2D eigenvalue weighted by Crippen LogP contribution is 2.36. The molecular weight excluding hydrogens is 380 g/mol. The summed E-state index contributed by atoms with van der Waals surface area (Å²) in [6, 6.07) is 9.33. The number of ether oxygens (including phenoxy) is 2. The number of hydrogen-bond donors (Lipinski definition) is 1. The zero-order valence-electron chi connectivity index (χ0n) is 17.6. The van der Waals surface area contributed by atoms with E-state index in [4.69, 9.17) is 14.7 Å². The van der Waals surface area contributed by atoms with Gasteiger partial charge in [0.2, 0.25) is 0 Å². The molecule has 1 aromatic carbocycles. The summed E-state index contributed by atoms with van der Waals surface area (Å²) in [6.45, 7) is 3.68. The van der Waals surface area contributed by atoms with E-state index in [1.165, 1.54) is 13.5 Å². The van der Waals surface area contributed by atoms with Crippen LogP contribution in [0.4, 0.5) is 5.82 Å². The van der Waals surface area contributed by atoms with Gasteiger partial charge in [0.1, 0.15) is 11.9 Å². The van der Waals surface area contributed by atoms with Crippen LogP contribution in [-0.4, -0.2) is 24.2 Å². The highest BCUT2D eigenvalue weighted by molar-refractivity contribution is 5.93. The van der Waals surface area contributed by atoms with Crippen molar-refractivity contribution >= 4 is 11.7 Å². The third-order valence-corrected chi connectivity index (χ3v) is 5.72. The van der Waals surface area contributed by atoms with Crippen molar-refractivity contribution in [1.82, 2.24) is 4.57 Å². The third kappa shape index (κ3) is 4.26. The van der Waals surface area contributed by atoms with E-state index < -0.39 is 0 Å². The molecule has 2 aromatic rings. The molecule has 156 valence electrons. The number of methoxy groups -OCH3 is 1. The zero-order chi connectivity index (χ0) is 21.7. The zero-order valence-corrected chi connectivity index (χ0v) is 17.6. The van der Waals surface area contributed by atoms with Crippen molar-refractivity contribution in [2.24, 2.45) is 0 Å². The Labute approximate surface area is 176 Å². The largest absolute Gasteiger partial charge is 0.493 e. The number of carbonyl (C=O) groups is 1. The molecule has 30 heavy (non-hydrogen) atoms. The van der Waals surface area contributed by atoms with Crippen LogP contribution >= 0.6 is 0 Å². The topological polar surface area (TPSA) is 100 Å². The Morgan fingerprint density at radius 3 is 2.53 bits per heavy atom. The maximum absolute atomic E-state index is 12.7. The first-order valence-corrected chi connectivity index (χ1v) is 10.1. The van der Waals surface area contributed by atoms with Crippen LogP contribution in [0, 0.1) is 36.5 Å². The number of hydrogen-bond acceptors (Lipinski definition) is 5. The minimum atomic E-state index is -0.354. The molecule has 1 aliphatic rings. The molecule has 7 nitrogen and oxygen atoms in total. The molecule has 7 heteroatoms. The van der Waals surface area contributed by atoms with Crippen LogP contribution in [-0.2, 0) is 4.79 Å². The molecular formula is C23H26N4O3. The molecule has 1 aliphatic carbocycles. The fourth-order valence-electron chi connectivity index (χ4n) is 4.05. The quantitative estimate of drug-likeness (QED) is 0.767. The summed E-state index contributed by atoms with van der Waals surface area (Å²) in [4.78, 5) is 12.7. The first-order valence-electron chi connectivity index (χ1n) is 10.1. The Bertz CT molecular complexity index is 1020. The lowest BCUT2D eigenvalue weighted by atomic mass is 9.95. The van der Waals surface area contributed by atoms with Gasteiger partial charge in [-0.1, -0.05) is 19.3 Å². The molecule has 0 saturated heterocycles. The van der Waals surface area contributed by atoms with Gasteiger partial charge in [0, 0.05) is 17.8 Å². The molecule has 0 spiro atoms. The van der Waals surface area contributed by atoms with Crippen LogP contribution in [0.2, 0.25) is 0 Å². The normalized spacial score (nSPS) is 13.9. The van der Waals surface area contributed by atoms with Gasteiger partial charge in [-0.3, -0.25) is 4.79 Å². The molecule has 1 aromatic heterocycles. The summed E-state index contributed by atoms with van der Waals surface area (Å²) in [5.41, 5.74) is 2.86. The van der Waals surface area contributed by atoms with Crippen molar-refractivity contribution in [1.29, 1.82) is 10.5 Å². The number of nitriles is 2. The molecule has 0 atom stereocenters. The molecule has 1 N–H and O–H groups in total. The number of amides is 1. The van der Waals surface area contributed by atoms with Crippen LogP contribution in [0.25, 0.3) is 0 Å². The van der Waals surface area contributed by atoms with Crippen LogP contribution in [0.5, 0.6) is 11.5 Å². The number of nitrogens with one attached hydrogen (secondary N) is 1. The van der Waals surface area contributed by atoms with Gasteiger partial charge >= 0.3 is 0 Å². The van der Waals surface area contributed by atoms with Crippen molar-refractivity contribution < 1.29 is 14.3 Å². The first-order chi connectivity index (χ1) is 14.5. The molecule has 0 bridgehead atoms. The Morgan fingerprint density at radius 2 is 1.90 bits per heavy atom. The van der Waals surface area contributed by atoms with Crippen LogP contribution < -0.4 is 14.8 Å². The van der Waals surface area contributed by atoms with Crippen molar-refractivity contribution in [2.75, 3.05) is 19.0 Å². The number of benzene rings is 1. The van der Waals surface area contributed by atoms with Gasteiger partial charge in [-0.05, 0) is 44.4 Å². The second-order valence-corrected chi connectivity index (χ2v) is 7.52. The molecule has 1 heterocycles. The van der Waals surface area contributed by atoms with Crippen LogP contribution in [0.15, 0.2) is 18.2 Å². The van der Waals surface area contributed by atoms with E-state index in [2.05, 4.69) is 16.0 Å². The number of aromatic nitrogens is 1. The lowest BCUT2D eigenvalue weighted by Crippen LogP contribution is -2.24. The molecule has 0 unspecified atom stereocenters. The molecule has 3 rings (SSSR count). The fourth-order valence-corrected chi connectivity index (χ4v) is 4.05. The first kappa shape index (κ1) is 21.3. The van der Waals surface area contributed by atoms with E-state index in [0.717, 1.165) is 36.9 Å². The van der Waals surface area contributed by atoms with Gasteiger partial charge in [-0.2, -0.15) is 10.5 Å². The van der Waals surface area contributed by atoms with E-state index in [1.807, 2.05) is 19.9 Å². The van der Waals surface area contributed by atoms with Gasteiger partial charge in [0.15, 0.2) is 18.1 Å². The van der Waals surface area contributed by atoms with Gasteiger partial charge in [-0.15, -0.1) is 0 Å². The van der Waals surface area contributed by atoms with Crippen molar-refractivity contribution in [3.63, 3.8) is 0 Å². The van der Waals surface area contributed by atoms with E-state index in [1.54, 1.807) is 18.2 Å². The number of nitrogens with zero attached hydrogens (tertiary/aromatic N) is 3. The number of carbonyl (C=O) groups excluding carboxylic acids is 1. The summed E-state index contributed by atoms with van der Waals surface area (Å²) >= 11 is 0. The monoisotopic (exact) mass is 406 g/mol. The van der Waals surface area contributed by atoms with Crippen LogP contribution in [0.3, 0.4) is 0 Å². The number of rotatable bonds is 6. The van der Waals surface area contributed by atoms with E-state index >= 15 is 0 Å². The Hall–Kier alpha value is -3.45. The van der Waals surface area contributed by atoms with E-state index in [-0.39, 0.29) is 18.6 Å². The molecule has 0 aliphatic heterocycles. The second kappa shape index (κ2) is 9.37. The summed E-state index contributed by atoms with van der Waals surface area (Å²) in [5.74, 6) is 0.964. The molecule has 1 saturated carbocycles. The average molecular weight is 406 g/mol. The van der Waals surface area contributed by atoms with Crippen molar-refractivity contribution in [3.05, 3.63) is 40.6 Å². The lowest BCUT2D eigenvalue weighted by molar-refractivity contribution is -0.118. The summed E-state index contributed by atoms with van der Waals surface area (Å²) in [5, 5.41) is 21.6. The van der Waals surface area contributed by atoms with E-state index in [0.29, 0.717) is 28.4 Å². The van der Waals surface area contributed by atoms with E-state index in [9.17, 15) is 10.1 Å². The van der Waals surface area contributed by atoms with Gasteiger partial charge in [0.25, 0.3) is 5.91 Å². The minimum absolute atomic E-state index is 0.235. The summed E-state index contributed by atoms with van der Waals surface area (Å²) in [7, 11) is 1.48. The van der Waals surface area contributed by atoms with Crippen molar-refractivity contribution in [3.8, 4) is 23.6 Å². The predicted molar refractivity (Wildman–Crippen MR) is 113 cm³/mol. The maximum Gasteiger partial charge on any atom is 0.263 e. The highest BCUT2D eigenvalue weighted by atomic mass is 16.5. The Kier molecular flexibility index (Phi) is 6.64. The van der Waals surface area contributed by atoms with Crippen LogP contribution in [0.1, 0.15) is 60.5 Å². The predicted octanol–water partition coefficient (Wildman–Crippen LogP) is 4.38. The number of anilines is 1. The highest BCUT2D eigenvalue weighted by Gasteiger charge is 2.26. The second-order valence-electron chi connectivity index (χ2n) is 7.52. The molecule has 1 amide bonds. The summed E-state index contributed by atoms with van der Waals surface area (Å²) < 4.78 is 13.0. The smallest absolute Gasteiger partial charge is 0.263 e.